The Bertz CT molecular complexity index is 561. The first-order valence-corrected chi connectivity index (χ1v) is 8.18. The summed E-state index contributed by atoms with van der Waals surface area (Å²) in [6, 6.07) is 6.92. The fourth-order valence-corrected chi connectivity index (χ4v) is 4.07. The Labute approximate surface area is 136 Å². The summed E-state index contributed by atoms with van der Waals surface area (Å²) in [5.41, 5.74) is 0.711. The molecule has 0 spiro atoms. The lowest BCUT2D eigenvalue weighted by molar-refractivity contribution is -0.144. The molecule has 5 nitrogen and oxygen atoms in total. The topological polar surface area (TPSA) is 78.4 Å². The smallest absolute Gasteiger partial charge is 0.319 e. The highest BCUT2D eigenvalue weighted by Gasteiger charge is 2.51. The molecule has 0 heterocycles. The standard InChI is InChI=1S/C15H17IN2O3/c16-10-3-5-11(6-4-10)17-15(21)18-13-9-2-1-8(7-9)12(13)14(19)20/h3-6,8-9,12-13H,1-2,7H2,(H,19,20)(H2,17,18,21). The van der Waals surface area contributed by atoms with Crippen LogP contribution in [0.15, 0.2) is 24.3 Å². The predicted octanol–water partition coefficient (Wildman–Crippen LogP) is 2.91. The van der Waals surface area contributed by atoms with Crippen molar-refractivity contribution in [2.45, 2.75) is 25.3 Å². The molecule has 112 valence electrons. The van der Waals surface area contributed by atoms with Crippen molar-refractivity contribution in [1.82, 2.24) is 5.32 Å². The molecular formula is C15H17IN2O3. The third-order valence-electron chi connectivity index (χ3n) is 4.60. The fraction of sp³-hybridized carbons (Fsp3) is 0.467. The molecule has 3 N–H and O–H groups in total. The number of carboxylic acid groups (broad SMARTS) is 1. The lowest BCUT2D eigenvalue weighted by atomic mass is 9.84. The molecule has 4 atom stereocenters. The molecule has 0 saturated heterocycles. The van der Waals surface area contributed by atoms with Crippen molar-refractivity contribution in [2.75, 3.05) is 5.32 Å². The number of anilines is 1. The number of hydrogen-bond acceptors (Lipinski definition) is 2. The lowest BCUT2D eigenvalue weighted by Gasteiger charge is -2.28. The van der Waals surface area contributed by atoms with E-state index in [4.69, 9.17) is 0 Å². The first-order valence-electron chi connectivity index (χ1n) is 7.10. The minimum atomic E-state index is -0.790. The fourth-order valence-electron chi connectivity index (χ4n) is 3.71. The zero-order chi connectivity index (χ0) is 15.0. The maximum atomic E-state index is 12.1. The number of carbonyl (C=O) groups excluding carboxylic acids is 1. The van der Waals surface area contributed by atoms with Crippen LogP contribution in [0, 0.1) is 21.3 Å². The van der Waals surface area contributed by atoms with E-state index in [1.54, 1.807) is 0 Å². The van der Waals surface area contributed by atoms with E-state index in [0.29, 0.717) is 11.6 Å². The summed E-state index contributed by atoms with van der Waals surface area (Å²) in [4.78, 5) is 23.5. The van der Waals surface area contributed by atoms with Crippen molar-refractivity contribution in [3.63, 3.8) is 0 Å². The van der Waals surface area contributed by atoms with E-state index in [0.717, 1.165) is 22.8 Å². The van der Waals surface area contributed by atoms with Gasteiger partial charge in [0.15, 0.2) is 0 Å². The molecule has 1 aromatic carbocycles. The van der Waals surface area contributed by atoms with Gasteiger partial charge >= 0.3 is 12.0 Å². The van der Waals surface area contributed by atoms with E-state index in [1.165, 1.54) is 0 Å². The maximum Gasteiger partial charge on any atom is 0.319 e. The minimum Gasteiger partial charge on any atom is -0.481 e. The Morgan fingerprint density at radius 1 is 1.14 bits per heavy atom. The average molecular weight is 400 g/mol. The number of amides is 2. The summed E-state index contributed by atoms with van der Waals surface area (Å²) in [5.74, 6) is -0.706. The molecule has 4 unspecified atom stereocenters. The van der Waals surface area contributed by atoms with Gasteiger partial charge < -0.3 is 15.7 Å². The summed E-state index contributed by atoms with van der Waals surface area (Å²) in [5, 5.41) is 15.0. The minimum absolute atomic E-state index is 0.219. The van der Waals surface area contributed by atoms with Crippen LogP contribution in [-0.2, 0) is 4.79 Å². The molecule has 21 heavy (non-hydrogen) atoms. The number of nitrogens with one attached hydrogen (secondary N) is 2. The van der Waals surface area contributed by atoms with Gasteiger partial charge in [-0.05, 0) is 78.0 Å². The van der Waals surface area contributed by atoms with Crippen LogP contribution in [0.3, 0.4) is 0 Å². The van der Waals surface area contributed by atoms with E-state index in [-0.39, 0.29) is 18.0 Å². The van der Waals surface area contributed by atoms with Crippen LogP contribution < -0.4 is 10.6 Å². The van der Waals surface area contributed by atoms with Gasteiger partial charge in [-0.25, -0.2) is 4.79 Å². The van der Waals surface area contributed by atoms with Crippen LogP contribution in [0.25, 0.3) is 0 Å². The second-order valence-corrected chi connectivity index (χ2v) is 7.07. The quantitative estimate of drug-likeness (QED) is 0.683. The molecule has 2 saturated carbocycles. The number of carbonyl (C=O) groups is 2. The van der Waals surface area contributed by atoms with Gasteiger partial charge in [0.2, 0.25) is 0 Å². The average Bonchev–Trinajstić information content (AvgIpc) is 3.02. The van der Waals surface area contributed by atoms with Gasteiger partial charge in [0, 0.05) is 15.3 Å². The van der Waals surface area contributed by atoms with Crippen LogP contribution in [0.4, 0.5) is 10.5 Å². The van der Waals surface area contributed by atoms with Gasteiger partial charge in [0.05, 0.1) is 5.92 Å². The Morgan fingerprint density at radius 3 is 2.48 bits per heavy atom. The molecule has 6 heteroatoms. The summed E-state index contributed by atoms with van der Waals surface area (Å²) in [6.07, 6.45) is 2.91. The van der Waals surface area contributed by atoms with Crippen molar-refractivity contribution in [1.29, 1.82) is 0 Å². The van der Waals surface area contributed by atoms with E-state index in [9.17, 15) is 14.7 Å². The van der Waals surface area contributed by atoms with Crippen molar-refractivity contribution < 1.29 is 14.7 Å². The van der Waals surface area contributed by atoms with E-state index in [1.807, 2.05) is 24.3 Å². The lowest BCUT2D eigenvalue weighted by Crippen LogP contribution is -2.48. The van der Waals surface area contributed by atoms with E-state index < -0.39 is 11.9 Å². The Balaban J connectivity index is 1.64. The van der Waals surface area contributed by atoms with Crippen LogP contribution in [0.5, 0.6) is 0 Å². The number of fused-ring (bicyclic) bond motifs is 2. The molecule has 2 bridgehead atoms. The van der Waals surface area contributed by atoms with E-state index in [2.05, 4.69) is 33.2 Å². The summed E-state index contributed by atoms with van der Waals surface area (Å²) >= 11 is 2.20. The Morgan fingerprint density at radius 2 is 1.81 bits per heavy atom. The highest BCUT2D eigenvalue weighted by molar-refractivity contribution is 14.1. The van der Waals surface area contributed by atoms with Gasteiger partial charge in [-0.15, -0.1) is 0 Å². The highest BCUT2D eigenvalue weighted by atomic mass is 127. The molecule has 3 rings (SSSR count). The van der Waals surface area contributed by atoms with Gasteiger partial charge in [0.25, 0.3) is 0 Å². The maximum absolute atomic E-state index is 12.1. The van der Waals surface area contributed by atoms with Crippen LogP contribution in [0.2, 0.25) is 0 Å². The first kappa shape index (κ1) is 14.6. The zero-order valence-corrected chi connectivity index (χ0v) is 13.5. The Hall–Kier alpha value is -1.31. The molecule has 1 aromatic rings. The number of benzene rings is 1. The molecule has 2 aliphatic carbocycles. The van der Waals surface area contributed by atoms with Crippen LogP contribution >= 0.6 is 22.6 Å². The molecular weight excluding hydrogens is 383 g/mol. The van der Waals surface area contributed by atoms with Crippen molar-refractivity contribution in [3.05, 3.63) is 27.8 Å². The Kier molecular flexibility index (Phi) is 4.05. The summed E-state index contributed by atoms with van der Waals surface area (Å²) in [6.45, 7) is 0. The second-order valence-electron chi connectivity index (χ2n) is 5.83. The number of aliphatic carboxylic acids is 1. The molecule has 0 aromatic heterocycles. The number of hydrogen-bond donors (Lipinski definition) is 3. The van der Waals surface area contributed by atoms with Gasteiger partial charge in [0.1, 0.15) is 0 Å². The van der Waals surface area contributed by atoms with Gasteiger partial charge in [-0.3, -0.25) is 4.79 Å². The number of urea groups is 1. The predicted molar refractivity (Wildman–Crippen MR) is 87.1 cm³/mol. The largest absolute Gasteiger partial charge is 0.481 e. The summed E-state index contributed by atoms with van der Waals surface area (Å²) < 4.78 is 1.10. The molecule has 2 fully saturated rings. The first-order chi connectivity index (χ1) is 10.0. The van der Waals surface area contributed by atoms with E-state index >= 15 is 0 Å². The van der Waals surface area contributed by atoms with Crippen molar-refractivity contribution >= 4 is 40.3 Å². The third kappa shape index (κ3) is 3.00. The number of rotatable bonds is 3. The monoisotopic (exact) mass is 400 g/mol. The molecule has 2 amide bonds. The van der Waals surface area contributed by atoms with Crippen LogP contribution in [0.1, 0.15) is 19.3 Å². The normalized spacial score (nSPS) is 30.1. The van der Waals surface area contributed by atoms with Gasteiger partial charge in [-0.1, -0.05) is 0 Å². The van der Waals surface area contributed by atoms with Crippen molar-refractivity contribution in [3.8, 4) is 0 Å². The highest BCUT2D eigenvalue weighted by Crippen LogP contribution is 2.48. The SMILES string of the molecule is O=C(Nc1ccc(I)cc1)NC1C2CCC(C2)C1C(=O)O. The number of halogens is 1. The summed E-state index contributed by atoms with van der Waals surface area (Å²) in [7, 11) is 0. The van der Waals surface area contributed by atoms with Gasteiger partial charge in [-0.2, -0.15) is 0 Å². The molecule has 0 aliphatic heterocycles. The van der Waals surface area contributed by atoms with Crippen LogP contribution in [-0.4, -0.2) is 23.1 Å². The molecule has 0 radical (unpaired) electrons. The van der Waals surface area contributed by atoms with Crippen molar-refractivity contribution in [2.24, 2.45) is 17.8 Å². The number of carboxylic acids is 1. The zero-order valence-electron chi connectivity index (χ0n) is 11.4. The second kappa shape index (κ2) is 5.82. The molecule has 2 aliphatic rings. The third-order valence-corrected chi connectivity index (χ3v) is 5.32.